The third-order valence-electron chi connectivity index (χ3n) is 3.99. The van der Waals surface area contributed by atoms with E-state index in [4.69, 9.17) is 10.5 Å². The number of ether oxygens (including phenoxy) is 1. The molecule has 1 saturated heterocycles. The highest BCUT2D eigenvalue weighted by atomic mass is 16.5. The molecule has 130 valence electrons. The second-order valence-corrected chi connectivity index (χ2v) is 5.98. The highest BCUT2D eigenvalue weighted by Crippen LogP contribution is 2.25. The van der Waals surface area contributed by atoms with E-state index in [1.54, 1.807) is 11.0 Å². The van der Waals surface area contributed by atoms with Crippen molar-refractivity contribution in [2.45, 2.75) is 19.1 Å². The van der Waals surface area contributed by atoms with Crippen LogP contribution in [0.3, 0.4) is 0 Å². The number of urea groups is 1. The zero-order valence-electron chi connectivity index (χ0n) is 13.9. The third-order valence-corrected chi connectivity index (χ3v) is 3.99. The van der Waals surface area contributed by atoms with Gasteiger partial charge < -0.3 is 20.7 Å². The van der Waals surface area contributed by atoms with Gasteiger partial charge in [-0.15, -0.1) is 0 Å². The summed E-state index contributed by atoms with van der Waals surface area (Å²) in [4.78, 5) is 29.2. The van der Waals surface area contributed by atoms with Crippen molar-refractivity contribution < 1.29 is 14.3 Å². The molecule has 1 aliphatic rings. The largest absolute Gasteiger partial charge is 0.367 e. The Hall–Kier alpha value is -2.93. The maximum absolute atomic E-state index is 12.5. The number of rotatable bonds is 3. The second kappa shape index (κ2) is 7.31. The van der Waals surface area contributed by atoms with Gasteiger partial charge in [0, 0.05) is 6.54 Å². The van der Waals surface area contributed by atoms with Crippen LogP contribution in [0.4, 0.5) is 10.5 Å². The van der Waals surface area contributed by atoms with Crippen LogP contribution in [0.1, 0.15) is 29.1 Å². The molecule has 3 rings (SSSR count). The standard InChI is InChI=1S/C18H20N4O3/c1-12-10-22(11-16(25-12)13-5-3-2-4-6-13)18(24)21-14-7-8-15(17(19)23)20-9-14/h2-9,12,16H,10-11H2,1H3,(H2,19,23)(H,21,24)/t12-,16+/m0/s1. The Kier molecular flexibility index (Phi) is 4.95. The quantitative estimate of drug-likeness (QED) is 0.895. The number of morpholine rings is 1. The van der Waals surface area contributed by atoms with Crippen molar-refractivity contribution in [3.8, 4) is 0 Å². The summed E-state index contributed by atoms with van der Waals surface area (Å²) in [6, 6.07) is 12.7. The van der Waals surface area contributed by atoms with Crippen LogP contribution in [0, 0.1) is 0 Å². The molecule has 7 heteroatoms. The Morgan fingerprint density at radius 2 is 1.96 bits per heavy atom. The van der Waals surface area contributed by atoms with Gasteiger partial charge in [0.05, 0.1) is 24.5 Å². The zero-order valence-corrected chi connectivity index (χ0v) is 13.9. The molecule has 1 aromatic carbocycles. The first-order valence-corrected chi connectivity index (χ1v) is 8.05. The van der Waals surface area contributed by atoms with E-state index in [0.29, 0.717) is 18.8 Å². The van der Waals surface area contributed by atoms with Crippen molar-refractivity contribution in [1.29, 1.82) is 0 Å². The Bertz CT molecular complexity index is 749. The zero-order chi connectivity index (χ0) is 17.8. The lowest BCUT2D eigenvalue weighted by Gasteiger charge is -2.37. The molecule has 1 fully saturated rings. The third kappa shape index (κ3) is 4.13. The van der Waals surface area contributed by atoms with E-state index in [1.807, 2.05) is 37.3 Å². The highest BCUT2D eigenvalue weighted by Gasteiger charge is 2.29. The molecule has 2 aromatic rings. The Morgan fingerprint density at radius 3 is 2.60 bits per heavy atom. The molecule has 2 heterocycles. The van der Waals surface area contributed by atoms with Gasteiger partial charge in [-0.1, -0.05) is 30.3 Å². The van der Waals surface area contributed by atoms with Gasteiger partial charge >= 0.3 is 6.03 Å². The van der Waals surface area contributed by atoms with E-state index in [-0.39, 0.29) is 23.9 Å². The van der Waals surface area contributed by atoms with E-state index in [9.17, 15) is 9.59 Å². The lowest BCUT2D eigenvalue weighted by Crippen LogP contribution is -2.47. The van der Waals surface area contributed by atoms with Crippen molar-refractivity contribution >= 4 is 17.6 Å². The summed E-state index contributed by atoms with van der Waals surface area (Å²) in [7, 11) is 0. The topological polar surface area (TPSA) is 97.6 Å². The van der Waals surface area contributed by atoms with E-state index < -0.39 is 5.91 Å². The predicted octanol–water partition coefficient (Wildman–Crippen LogP) is 2.17. The molecule has 0 unspecified atom stereocenters. The minimum absolute atomic E-state index is 0.0694. The lowest BCUT2D eigenvalue weighted by molar-refractivity contribution is -0.0642. The molecule has 3 N–H and O–H groups in total. The first-order valence-electron chi connectivity index (χ1n) is 8.05. The van der Waals surface area contributed by atoms with Crippen molar-refractivity contribution in [3.63, 3.8) is 0 Å². The molecule has 7 nitrogen and oxygen atoms in total. The smallest absolute Gasteiger partial charge is 0.322 e. The van der Waals surface area contributed by atoms with Gasteiger partial charge in [0.15, 0.2) is 0 Å². The summed E-state index contributed by atoms with van der Waals surface area (Å²) in [5, 5.41) is 2.79. The van der Waals surface area contributed by atoms with Gasteiger partial charge in [-0.2, -0.15) is 0 Å². The number of carbonyl (C=O) groups excluding carboxylic acids is 2. The van der Waals surface area contributed by atoms with E-state index >= 15 is 0 Å². The molecule has 2 atom stereocenters. The maximum Gasteiger partial charge on any atom is 0.322 e. The number of benzene rings is 1. The molecule has 25 heavy (non-hydrogen) atoms. The van der Waals surface area contributed by atoms with E-state index in [0.717, 1.165) is 5.56 Å². The highest BCUT2D eigenvalue weighted by molar-refractivity contribution is 5.92. The maximum atomic E-state index is 12.5. The number of primary amides is 1. The van der Waals surface area contributed by atoms with Crippen LogP contribution in [0.5, 0.6) is 0 Å². The fourth-order valence-electron chi connectivity index (χ4n) is 2.79. The summed E-state index contributed by atoms with van der Waals surface area (Å²) in [6.45, 7) is 2.91. The minimum atomic E-state index is -0.606. The minimum Gasteiger partial charge on any atom is -0.367 e. The Labute approximate surface area is 145 Å². The molecule has 3 amide bonds. The SMILES string of the molecule is C[C@H]1CN(C(=O)Nc2ccc(C(N)=O)nc2)C[C@H](c2ccccc2)O1. The number of carbonyl (C=O) groups is 2. The van der Waals surface area contributed by atoms with Crippen LogP contribution in [-0.4, -0.2) is 41.0 Å². The number of nitrogens with zero attached hydrogens (tertiary/aromatic N) is 2. The van der Waals surface area contributed by atoms with Crippen molar-refractivity contribution in [1.82, 2.24) is 9.88 Å². The molecule has 1 aliphatic heterocycles. The normalized spacial score (nSPS) is 20.1. The van der Waals surface area contributed by atoms with Gasteiger partial charge in [0.1, 0.15) is 11.8 Å². The van der Waals surface area contributed by atoms with Gasteiger partial charge in [-0.05, 0) is 24.6 Å². The van der Waals surface area contributed by atoms with Crippen LogP contribution >= 0.6 is 0 Å². The van der Waals surface area contributed by atoms with Gasteiger partial charge in [0.25, 0.3) is 5.91 Å². The monoisotopic (exact) mass is 340 g/mol. The van der Waals surface area contributed by atoms with E-state index in [1.165, 1.54) is 12.3 Å². The number of hydrogen-bond acceptors (Lipinski definition) is 4. The number of aromatic nitrogens is 1. The second-order valence-electron chi connectivity index (χ2n) is 5.98. The molecule has 0 saturated carbocycles. The number of amides is 3. The molecular formula is C18H20N4O3. The molecular weight excluding hydrogens is 320 g/mol. The number of nitrogens with two attached hydrogens (primary N) is 1. The van der Waals surface area contributed by atoms with Crippen molar-refractivity contribution in [3.05, 3.63) is 59.9 Å². The summed E-state index contributed by atoms with van der Waals surface area (Å²) in [6.07, 6.45) is 1.18. The lowest BCUT2D eigenvalue weighted by atomic mass is 10.1. The fraction of sp³-hybridized carbons (Fsp3) is 0.278. The Balaban J connectivity index is 1.67. The number of nitrogens with one attached hydrogen (secondary N) is 1. The van der Waals surface area contributed by atoms with Crippen LogP contribution in [0.25, 0.3) is 0 Å². The molecule has 1 aromatic heterocycles. The summed E-state index contributed by atoms with van der Waals surface area (Å²) in [5.41, 5.74) is 6.86. The van der Waals surface area contributed by atoms with Gasteiger partial charge in [0.2, 0.25) is 0 Å². The van der Waals surface area contributed by atoms with Crippen LogP contribution in [0.2, 0.25) is 0 Å². The van der Waals surface area contributed by atoms with Crippen molar-refractivity contribution in [2.75, 3.05) is 18.4 Å². The molecule has 0 bridgehead atoms. The number of anilines is 1. The van der Waals surface area contributed by atoms with Gasteiger partial charge in [-0.3, -0.25) is 4.79 Å². The summed E-state index contributed by atoms with van der Waals surface area (Å²) < 4.78 is 5.96. The van der Waals surface area contributed by atoms with E-state index in [2.05, 4.69) is 10.3 Å². The van der Waals surface area contributed by atoms with Crippen LogP contribution < -0.4 is 11.1 Å². The average Bonchev–Trinajstić information content (AvgIpc) is 2.62. The summed E-state index contributed by atoms with van der Waals surface area (Å²) >= 11 is 0. The fourth-order valence-corrected chi connectivity index (χ4v) is 2.79. The molecule has 0 aliphatic carbocycles. The van der Waals surface area contributed by atoms with Crippen LogP contribution in [-0.2, 0) is 4.74 Å². The van der Waals surface area contributed by atoms with Crippen molar-refractivity contribution in [2.24, 2.45) is 5.73 Å². The first-order chi connectivity index (χ1) is 12.0. The first kappa shape index (κ1) is 16.9. The number of hydrogen-bond donors (Lipinski definition) is 2. The average molecular weight is 340 g/mol. The summed E-state index contributed by atoms with van der Waals surface area (Å²) in [5.74, 6) is -0.606. The predicted molar refractivity (Wildman–Crippen MR) is 93.1 cm³/mol. The molecule has 0 spiro atoms. The Morgan fingerprint density at radius 1 is 1.20 bits per heavy atom. The van der Waals surface area contributed by atoms with Crippen LogP contribution in [0.15, 0.2) is 48.7 Å². The molecule has 0 radical (unpaired) electrons. The number of pyridine rings is 1. The van der Waals surface area contributed by atoms with Gasteiger partial charge in [-0.25, -0.2) is 9.78 Å².